The van der Waals surface area contributed by atoms with Crippen LogP contribution >= 0.6 is 0 Å². The monoisotopic (exact) mass is 124 g/mol. The van der Waals surface area contributed by atoms with E-state index in [0.717, 1.165) is 18.1 Å². The summed E-state index contributed by atoms with van der Waals surface area (Å²) in [6.45, 7) is 2.61. The van der Waals surface area contributed by atoms with E-state index in [1.165, 1.54) is 25.9 Å². The zero-order valence-electron chi connectivity index (χ0n) is 5.51. The molecule has 0 spiro atoms. The molecule has 0 aromatic carbocycles. The summed E-state index contributed by atoms with van der Waals surface area (Å²) in [7, 11) is 0. The van der Waals surface area contributed by atoms with E-state index >= 15 is 0 Å². The second kappa shape index (κ2) is 1.32. The van der Waals surface area contributed by atoms with Crippen molar-refractivity contribution in [3.05, 3.63) is 0 Å². The molecule has 0 radical (unpaired) electrons. The predicted molar refractivity (Wildman–Crippen MR) is 35.3 cm³/mol. The van der Waals surface area contributed by atoms with Crippen molar-refractivity contribution in [1.29, 1.82) is 0 Å². The molecule has 3 unspecified atom stereocenters. The molecule has 0 aliphatic carbocycles. The quantitative estimate of drug-likeness (QED) is 0.481. The molecule has 50 valence electrons. The van der Waals surface area contributed by atoms with Crippen LogP contribution in [0.15, 0.2) is 0 Å². The lowest BCUT2D eigenvalue weighted by atomic mass is 9.96. The zero-order valence-corrected chi connectivity index (χ0v) is 5.51. The van der Waals surface area contributed by atoms with E-state index in [2.05, 4.69) is 10.2 Å². The van der Waals surface area contributed by atoms with E-state index in [0.29, 0.717) is 0 Å². The number of fused-ring (bicyclic) bond motifs is 1. The number of hydrogen-bond acceptors (Lipinski definition) is 2. The summed E-state index contributed by atoms with van der Waals surface area (Å²) in [6.07, 6.45) is 2.90. The van der Waals surface area contributed by atoms with Crippen molar-refractivity contribution in [2.24, 2.45) is 0 Å². The lowest BCUT2D eigenvalue weighted by molar-refractivity contribution is 0.0448. The van der Waals surface area contributed by atoms with E-state index in [1.807, 2.05) is 0 Å². The van der Waals surface area contributed by atoms with E-state index < -0.39 is 0 Å². The fourth-order valence-corrected chi connectivity index (χ4v) is 2.58. The number of hydrogen-bond donors (Lipinski definition) is 1. The molecular weight excluding hydrogens is 112 g/mol. The Morgan fingerprint density at radius 2 is 2.22 bits per heavy atom. The summed E-state index contributed by atoms with van der Waals surface area (Å²) < 4.78 is 0. The van der Waals surface area contributed by atoms with Crippen molar-refractivity contribution >= 4 is 0 Å². The van der Waals surface area contributed by atoms with Crippen LogP contribution in [0, 0.1) is 0 Å². The van der Waals surface area contributed by atoms with Gasteiger partial charge in [0.15, 0.2) is 0 Å². The minimum atomic E-state index is 0.855. The van der Waals surface area contributed by atoms with E-state index in [4.69, 9.17) is 0 Å². The molecule has 0 aromatic heterocycles. The molecule has 2 nitrogen and oxygen atoms in total. The van der Waals surface area contributed by atoms with Crippen LogP contribution < -0.4 is 5.32 Å². The molecule has 0 amide bonds. The predicted octanol–water partition coefficient (Wildman–Crippen LogP) is -0.195. The molecule has 3 aliphatic rings. The summed E-state index contributed by atoms with van der Waals surface area (Å²) in [4.78, 5) is 2.67. The van der Waals surface area contributed by atoms with Crippen LogP contribution in [0.3, 0.4) is 0 Å². The summed E-state index contributed by atoms with van der Waals surface area (Å²) in [5.74, 6) is 0. The highest BCUT2D eigenvalue weighted by atomic mass is 15.3. The maximum absolute atomic E-state index is 3.56. The minimum absolute atomic E-state index is 0.855. The molecule has 3 rings (SSSR count). The Hall–Kier alpha value is -0.0800. The first-order valence-corrected chi connectivity index (χ1v) is 3.92. The first-order chi connectivity index (χ1) is 4.43. The second-order valence-electron chi connectivity index (χ2n) is 3.58. The number of rotatable bonds is 0. The van der Waals surface area contributed by atoms with Crippen molar-refractivity contribution < 1.29 is 0 Å². The molecule has 3 atom stereocenters. The Balaban J connectivity index is 1.95. The molecule has 2 heteroatoms. The van der Waals surface area contributed by atoms with Crippen molar-refractivity contribution in [2.45, 2.75) is 31.0 Å². The highest BCUT2D eigenvalue weighted by molar-refractivity contribution is 5.06. The highest BCUT2D eigenvalue weighted by Gasteiger charge is 2.48. The third-order valence-electron chi connectivity index (χ3n) is 3.11. The van der Waals surface area contributed by atoms with E-state index in [-0.39, 0.29) is 0 Å². The largest absolute Gasteiger partial charge is 0.311 e. The lowest BCUT2D eigenvalue weighted by Crippen LogP contribution is -2.59. The molecule has 3 aliphatic heterocycles. The van der Waals surface area contributed by atoms with Gasteiger partial charge in [0.05, 0.1) is 0 Å². The number of nitrogens with one attached hydrogen (secondary N) is 1. The van der Waals surface area contributed by atoms with Crippen molar-refractivity contribution in [1.82, 2.24) is 10.2 Å². The normalized spacial score (nSPS) is 55.3. The summed E-state index contributed by atoms with van der Waals surface area (Å²) in [5.41, 5.74) is 0. The fourth-order valence-electron chi connectivity index (χ4n) is 2.58. The summed E-state index contributed by atoms with van der Waals surface area (Å²) in [5, 5.41) is 3.56. The fraction of sp³-hybridized carbons (Fsp3) is 1.00. The number of piperazine rings is 1. The Morgan fingerprint density at radius 1 is 1.22 bits per heavy atom. The van der Waals surface area contributed by atoms with Crippen LogP contribution in [0.2, 0.25) is 0 Å². The van der Waals surface area contributed by atoms with Gasteiger partial charge in [-0.05, 0) is 12.8 Å². The van der Waals surface area contributed by atoms with Crippen LogP contribution in [0.5, 0.6) is 0 Å². The van der Waals surface area contributed by atoms with Gasteiger partial charge in [-0.15, -0.1) is 0 Å². The Kier molecular flexibility index (Phi) is 0.691. The molecule has 3 saturated heterocycles. The van der Waals surface area contributed by atoms with Gasteiger partial charge in [-0.2, -0.15) is 0 Å². The third-order valence-corrected chi connectivity index (χ3v) is 3.11. The van der Waals surface area contributed by atoms with Gasteiger partial charge < -0.3 is 5.32 Å². The van der Waals surface area contributed by atoms with Crippen molar-refractivity contribution in [3.63, 3.8) is 0 Å². The van der Waals surface area contributed by atoms with Gasteiger partial charge in [-0.3, -0.25) is 4.90 Å². The van der Waals surface area contributed by atoms with Gasteiger partial charge in [-0.25, -0.2) is 0 Å². The third kappa shape index (κ3) is 0.447. The first kappa shape index (κ1) is 4.69. The highest BCUT2D eigenvalue weighted by Crippen LogP contribution is 2.37. The van der Waals surface area contributed by atoms with Crippen LogP contribution in [0.1, 0.15) is 12.8 Å². The Labute approximate surface area is 55.2 Å². The zero-order chi connectivity index (χ0) is 5.84. The van der Waals surface area contributed by atoms with Gasteiger partial charge in [0.2, 0.25) is 0 Å². The molecule has 0 aromatic rings. The minimum Gasteiger partial charge on any atom is -0.311 e. The van der Waals surface area contributed by atoms with Gasteiger partial charge >= 0.3 is 0 Å². The standard InChI is InChI=1S/C7H12N2/c1-5-4-9-6(1)2-7(9)3-8-5/h5-8H,1-4H2. The maximum atomic E-state index is 3.56. The lowest BCUT2D eigenvalue weighted by Gasteiger charge is -2.45. The molecule has 3 heterocycles. The van der Waals surface area contributed by atoms with Crippen molar-refractivity contribution in [3.8, 4) is 0 Å². The summed E-state index contributed by atoms with van der Waals surface area (Å²) in [6, 6.07) is 2.76. The first-order valence-electron chi connectivity index (χ1n) is 3.92. The molecule has 1 N–H and O–H groups in total. The van der Waals surface area contributed by atoms with Gasteiger partial charge in [0.1, 0.15) is 0 Å². The van der Waals surface area contributed by atoms with Gasteiger partial charge in [-0.1, -0.05) is 0 Å². The van der Waals surface area contributed by atoms with Crippen LogP contribution in [0.4, 0.5) is 0 Å². The molecule has 2 bridgehead atoms. The van der Waals surface area contributed by atoms with Gasteiger partial charge in [0.25, 0.3) is 0 Å². The molecular formula is C7H12N2. The number of nitrogens with zero attached hydrogens (tertiary/aromatic N) is 1. The molecule has 0 saturated carbocycles. The Bertz CT molecular complexity index is 132. The SMILES string of the molecule is C1NC2CC3CC1N3C2. The van der Waals surface area contributed by atoms with E-state index in [1.54, 1.807) is 0 Å². The Morgan fingerprint density at radius 3 is 3.11 bits per heavy atom. The average molecular weight is 124 g/mol. The van der Waals surface area contributed by atoms with Crippen LogP contribution in [-0.2, 0) is 0 Å². The maximum Gasteiger partial charge on any atom is 0.0239 e. The molecule has 3 fully saturated rings. The van der Waals surface area contributed by atoms with Crippen LogP contribution in [-0.4, -0.2) is 36.1 Å². The topological polar surface area (TPSA) is 15.3 Å². The molecule has 9 heavy (non-hydrogen) atoms. The average Bonchev–Trinajstić information content (AvgIpc) is 2.04. The van der Waals surface area contributed by atoms with E-state index in [9.17, 15) is 0 Å². The smallest absolute Gasteiger partial charge is 0.0239 e. The van der Waals surface area contributed by atoms with Crippen LogP contribution in [0.25, 0.3) is 0 Å². The summed E-state index contributed by atoms with van der Waals surface area (Å²) >= 11 is 0. The van der Waals surface area contributed by atoms with Gasteiger partial charge in [0, 0.05) is 31.2 Å². The van der Waals surface area contributed by atoms with Crippen molar-refractivity contribution in [2.75, 3.05) is 13.1 Å². The second-order valence-corrected chi connectivity index (χ2v) is 3.58.